The molecule has 9 nitrogen and oxygen atoms in total. The number of aromatic nitrogens is 2. The van der Waals surface area contributed by atoms with Gasteiger partial charge in [0.1, 0.15) is 4.92 Å². The van der Waals surface area contributed by atoms with Crippen molar-refractivity contribution >= 4 is 18.0 Å². The van der Waals surface area contributed by atoms with Crippen molar-refractivity contribution in [3.63, 3.8) is 0 Å². The molecule has 9 heteroatoms. The number of nitro groups is 1. The Morgan fingerprint density at radius 3 is 3.05 bits per heavy atom. The average Bonchev–Trinajstić information content (AvgIpc) is 2.87. The van der Waals surface area contributed by atoms with Gasteiger partial charge < -0.3 is 4.42 Å². The highest BCUT2D eigenvalue weighted by Crippen LogP contribution is 2.13. The van der Waals surface area contributed by atoms with Gasteiger partial charge in [0.2, 0.25) is 5.95 Å². The molecule has 0 aliphatic heterocycles. The number of H-pyrrole nitrogens is 1. The van der Waals surface area contributed by atoms with Crippen LogP contribution < -0.4 is 11.0 Å². The van der Waals surface area contributed by atoms with E-state index in [0.29, 0.717) is 12.1 Å². The minimum atomic E-state index is -0.641. The summed E-state index contributed by atoms with van der Waals surface area (Å²) in [7, 11) is 0. The van der Waals surface area contributed by atoms with Crippen molar-refractivity contribution in [3.05, 3.63) is 50.1 Å². The highest BCUT2D eigenvalue weighted by molar-refractivity contribution is 5.76. The molecule has 0 fully saturated rings. The number of furan rings is 1. The summed E-state index contributed by atoms with van der Waals surface area (Å²) in [6, 6.07) is 4.06. The van der Waals surface area contributed by atoms with Crippen LogP contribution in [0.15, 0.2) is 32.5 Å². The van der Waals surface area contributed by atoms with E-state index in [2.05, 4.69) is 20.5 Å². The molecule has 110 valence electrons. The Labute approximate surface area is 118 Å². The average molecular weight is 291 g/mol. The third kappa shape index (κ3) is 4.00. The van der Waals surface area contributed by atoms with Gasteiger partial charge in [-0.1, -0.05) is 13.3 Å². The van der Waals surface area contributed by atoms with Gasteiger partial charge in [-0.2, -0.15) is 5.10 Å². The van der Waals surface area contributed by atoms with E-state index in [1.54, 1.807) is 0 Å². The first kappa shape index (κ1) is 14.4. The van der Waals surface area contributed by atoms with Crippen LogP contribution in [0.25, 0.3) is 0 Å². The van der Waals surface area contributed by atoms with Gasteiger partial charge in [-0.25, -0.2) is 10.4 Å². The van der Waals surface area contributed by atoms with E-state index in [9.17, 15) is 14.9 Å². The maximum Gasteiger partial charge on any atom is 0.433 e. The van der Waals surface area contributed by atoms with E-state index in [-0.39, 0.29) is 23.2 Å². The number of hydrazone groups is 1. The van der Waals surface area contributed by atoms with Gasteiger partial charge in [0.15, 0.2) is 5.76 Å². The zero-order chi connectivity index (χ0) is 15.2. The summed E-state index contributed by atoms with van der Waals surface area (Å²) in [5, 5.41) is 14.3. The number of aryl methyl sites for hydroxylation is 1. The minimum absolute atomic E-state index is 0.197. The highest BCUT2D eigenvalue weighted by atomic mass is 16.6. The largest absolute Gasteiger partial charge is 0.433 e. The second kappa shape index (κ2) is 6.46. The molecule has 0 radical (unpaired) electrons. The molecular formula is C12H13N5O4. The van der Waals surface area contributed by atoms with Gasteiger partial charge in [-0.05, 0) is 12.5 Å². The molecule has 0 aliphatic carbocycles. The lowest BCUT2D eigenvalue weighted by atomic mass is 10.2. The number of nitrogens with one attached hydrogen (secondary N) is 2. The summed E-state index contributed by atoms with van der Waals surface area (Å²) >= 11 is 0. The monoisotopic (exact) mass is 291 g/mol. The Bertz CT molecular complexity index is 718. The Balaban J connectivity index is 2.06. The summed E-state index contributed by atoms with van der Waals surface area (Å²) < 4.78 is 4.89. The fraction of sp³-hybridized carbons (Fsp3) is 0.250. The molecule has 0 unspecified atom stereocenters. The Hall–Kier alpha value is -2.97. The van der Waals surface area contributed by atoms with Crippen LogP contribution in [0.4, 0.5) is 11.8 Å². The molecule has 0 aromatic carbocycles. The van der Waals surface area contributed by atoms with Crippen molar-refractivity contribution in [2.45, 2.75) is 19.8 Å². The normalized spacial score (nSPS) is 10.9. The van der Waals surface area contributed by atoms with Gasteiger partial charge in [0.25, 0.3) is 5.56 Å². The first-order valence-corrected chi connectivity index (χ1v) is 6.22. The van der Waals surface area contributed by atoms with Crippen LogP contribution in [0.5, 0.6) is 0 Å². The van der Waals surface area contributed by atoms with Crippen LogP contribution in [0.2, 0.25) is 0 Å². The van der Waals surface area contributed by atoms with Gasteiger partial charge in [-0.3, -0.25) is 19.9 Å². The van der Waals surface area contributed by atoms with Crippen LogP contribution in [-0.2, 0) is 6.42 Å². The standard InChI is InChI=1S/C12H13N5O4/c1-2-3-8-6-10(18)15-12(14-8)16-13-7-9-4-5-11(21-9)17(19)20/h4-7H,2-3H2,1H3,(H2,14,15,16,18)/b13-7+. The Morgan fingerprint density at radius 2 is 2.38 bits per heavy atom. The van der Waals surface area contributed by atoms with Crippen molar-refractivity contribution in [1.29, 1.82) is 0 Å². The molecule has 2 rings (SSSR count). The number of anilines is 1. The lowest BCUT2D eigenvalue weighted by Crippen LogP contribution is -2.11. The zero-order valence-corrected chi connectivity index (χ0v) is 11.2. The molecule has 0 atom stereocenters. The molecule has 0 saturated heterocycles. The third-order valence-electron chi connectivity index (χ3n) is 2.46. The van der Waals surface area contributed by atoms with E-state index in [4.69, 9.17) is 4.42 Å². The number of rotatable bonds is 6. The number of nitrogens with zero attached hydrogens (tertiary/aromatic N) is 3. The van der Waals surface area contributed by atoms with Crippen LogP contribution >= 0.6 is 0 Å². The predicted molar refractivity (Wildman–Crippen MR) is 75.4 cm³/mol. The number of aromatic amines is 1. The fourth-order valence-electron chi connectivity index (χ4n) is 1.61. The van der Waals surface area contributed by atoms with E-state index < -0.39 is 4.92 Å². The number of hydrogen-bond donors (Lipinski definition) is 2. The summed E-state index contributed by atoms with van der Waals surface area (Å²) in [5.74, 6) is 0.0393. The molecule has 0 spiro atoms. The first-order chi connectivity index (χ1) is 10.1. The van der Waals surface area contributed by atoms with Crippen LogP contribution in [0.1, 0.15) is 24.8 Å². The minimum Gasteiger partial charge on any atom is -0.400 e. The second-order valence-corrected chi connectivity index (χ2v) is 4.14. The molecule has 0 saturated carbocycles. The van der Waals surface area contributed by atoms with Crippen molar-refractivity contribution in [2.24, 2.45) is 5.10 Å². The smallest absolute Gasteiger partial charge is 0.400 e. The maximum absolute atomic E-state index is 11.4. The highest BCUT2D eigenvalue weighted by Gasteiger charge is 2.10. The van der Waals surface area contributed by atoms with Crippen LogP contribution in [-0.4, -0.2) is 21.1 Å². The van der Waals surface area contributed by atoms with Gasteiger partial charge in [-0.15, -0.1) is 0 Å². The lowest BCUT2D eigenvalue weighted by molar-refractivity contribution is -0.402. The summed E-state index contributed by atoms with van der Waals surface area (Å²) in [6.45, 7) is 1.98. The Morgan fingerprint density at radius 1 is 1.57 bits per heavy atom. The number of hydrogen-bond acceptors (Lipinski definition) is 7. The summed E-state index contributed by atoms with van der Waals surface area (Å²) in [5.41, 5.74) is 2.93. The van der Waals surface area contributed by atoms with Crippen LogP contribution in [0.3, 0.4) is 0 Å². The quantitative estimate of drug-likeness (QED) is 0.473. The van der Waals surface area contributed by atoms with Crippen molar-refractivity contribution < 1.29 is 9.34 Å². The van der Waals surface area contributed by atoms with Crippen LogP contribution in [0, 0.1) is 10.1 Å². The predicted octanol–water partition coefficient (Wildman–Crippen LogP) is 1.67. The Kier molecular flexibility index (Phi) is 4.44. The molecule has 2 heterocycles. The molecule has 0 aliphatic rings. The first-order valence-electron chi connectivity index (χ1n) is 6.22. The molecule has 21 heavy (non-hydrogen) atoms. The van der Waals surface area contributed by atoms with Gasteiger partial charge >= 0.3 is 5.88 Å². The van der Waals surface area contributed by atoms with Gasteiger partial charge in [0.05, 0.1) is 12.3 Å². The molecule has 0 bridgehead atoms. The molecule has 2 aromatic rings. The summed E-state index contributed by atoms with van der Waals surface area (Å²) in [6.07, 6.45) is 2.81. The van der Waals surface area contributed by atoms with Crippen molar-refractivity contribution in [3.8, 4) is 0 Å². The van der Waals surface area contributed by atoms with E-state index >= 15 is 0 Å². The zero-order valence-electron chi connectivity index (χ0n) is 11.2. The van der Waals surface area contributed by atoms with E-state index in [1.165, 1.54) is 24.4 Å². The fourth-order valence-corrected chi connectivity index (χ4v) is 1.61. The maximum atomic E-state index is 11.4. The molecule has 0 amide bonds. The summed E-state index contributed by atoms with van der Waals surface area (Å²) in [4.78, 5) is 27.9. The molecule has 2 N–H and O–H groups in total. The molecular weight excluding hydrogens is 278 g/mol. The van der Waals surface area contributed by atoms with Crippen molar-refractivity contribution in [1.82, 2.24) is 9.97 Å². The topological polar surface area (TPSA) is 126 Å². The van der Waals surface area contributed by atoms with E-state index in [1.807, 2.05) is 6.92 Å². The van der Waals surface area contributed by atoms with Crippen molar-refractivity contribution in [2.75, 3.05) is 5.43 Å². The van der Waals surface area contributed by atoms with Gasteiger partial charge in [0, 0.05) is 11.8 Å². The second-order valence-electron chi connectivity index (χ2n) is 4.14. The lowest BCUT2D eigenvalue weighted by Gasteiger charge is -2.01. The van der Waals surface area contributed by atoms with E-state index in [0.717, 1.165) is 6.42 Å². The SMILES string of the molecule is CCCc1cc(=O)[nH]c(N/N=C/c2ccc([N+](=O)[O-])o2)n1. The third-order valence-corrected chi connectivity index (χ3v) is 2.46. The molecule has 2 aromatic heterocycles.